The van der Waals surface area contributed by atoms with Crippen molar-refractivity contribution in [3.05, 3.63) is 45.1 Å². The van der Waals surface area contributed by atoms with Crippen molar-refractivity contribution in [3.8, 4) is 0 Å². The molecule has 0 spiro atoms. The van der Waals surface area contributed by atoms with E-state index in [-0.39, 0.29) is 31.3 Å². The molecule has 8 nitrogen and oxygen atoms in total. The van der Waals surface area contributed by atoms with Gasteiger partial charge in [-0.1, -0.05) is 19.1 Å². The van der Waals surface area contributed by atoms with Crippen LogP contribution in [-0.4, -0.2) is 52.9 Å². The van der Waals surface area contributed by atoms with Crippen molar-refractivity contribution in [1.29, 1.82) is 0 Å². The lowest BCUT2D eigenvalue weighted by Crippen LogP contribution is -2.58. The predicted octanol–water partition coefficient (Wildman–Crippen LogP) is -0.665. The highest BCUT2D eigenvalue weighted by molar-refractivity contribution is 7.92. The topological polar surface area (TPSA) is 109 Å². The lowest BCUT2D eigenvalue weighted by Gasteiger charge is -2.38. The van der Waals surface area contributed by atoms with Crippen LogP contribution in [0.2, 0.25) is 0 Å². The van der Waals surface area contributed by atoms with E-state index in [0.29, 0.717) is 10.9 Å². The highest BCUT2D eigenvalue weighted by atomic mass is 32.2. The van der Waals surface area contributed by atoms with Crippen LogP contribution in [0.15, 0.2) is 33.9 Å². The fourth-order valence-corrected chi connectivity index (χ4v) is 4.02. The highest BCUT2D eigenvalue weighted by Gasteiger charge is 2.38. The van der Waals surface area contributed by atoms with Gasteiger partial charge >= 0.3 is 5.69 Å². The third kappa shape index (κ3) is 2.75. The molecule has 2 heterocycles. The summed E-state index contributed by atoms with van der Waals surface area (Å²) in [6, 6.07) is 6.52. The Morgan fingerprint density at radius 2 is 1.92 bits per heavy atom. The molecule has 2 aromatic rings. The first-order chi connectivity index (χ1) is 11.3. The number of sulfone groups is 1. The van der Waals surface area contributed by atoms with Crippen LogP contribution in [0.25, 0.3) is 10.9 Å². The van der Waals surface area contributed by atoms with E-state index in [1.807, 2.05) is 0 Å². The van der Waals surface area contributed by atoms with Crippen LogP contribution >= 0.6 is 0 Å². The van der Waals surface area contributed by atoms with Crippen LogP contribution in [0.3, 0.4) is 0 Å². The number of H-pyrrole nitrogens is 1. The third-order valence-corrected chi connectivity index (χ3v) is 6.43. The molecular weight excluding hydrogens is 334 g/mol. The monoisotopic (exact) mass is 351 g/mol. The molecule has 9 heteroatoms. The molecule has 1 amide bonds. The summed E-state index contributed by atoms with van der Waals surface area (Å²) < 4.78 is 24.7. The number of hydrogen-bond donors (Lipinski definition) is 1. The Hall–Kier alpha value is -2.42. The van der Waals surface area contributed by atoms with Crippen molar-refractivity contribution < 1.29 is 13.2 Å². The minimum absolute atomic E-state index is 0.0454. The number of carbonyl (C=O) groups is 1. The molecule has 1 fully saturated rings. The molecule has 0 saturated carbocycles. The number of carbonyl (C=O) groups excluding carboxylic acids is 1. The summed E-state index contributed by atoms with van der Waals surface area (Å²) in [5, 5.41) is -0.213. The van der Waals surface area contributed by atoms with Gasteiger partial charge < -0.3 is 4.90 Å². The number of benzene rings is 1. The van der Waals surface area contributed by atoms with Gasteiger partial charge in [0.15, 0.2) is 9.84 Å². The van der Waals surface area contributed by atoms with Gasteiger partial charge in [0.25, 0.3) is 5.56 Å². The van der Waals surface area contributed by atoms with Crippen LogP contribution in [0.1, 0.15) is 6.92 Å². The Balaban J connectivity index is 1.83. The standard InChI is InChI=1S/C15H17N3O5S/c1-2-24(22,23)10-7-17(8-10)13(19)9-18-12-6-4-3-5-11(12)14(20)16-15(18)21/h3-6,10H,2,7-9H2,1H3,(H,16,20,21). The molecule has 1 aliphatic rings. The van der Waals surface area contributed by atoms with Gasteiger partial charge in [0, 0.05) is 18.8 Å². The average Bonchev–Trinajstić information content (AvgIpc) is 2.49. The molecule has 1 aromatic carbocycles. The van der Waals surface area contributed by atoms with E-state index < -0.39 is 26.3 Å². The SMILES string of the molecule is CCS(=O)(=O)C1CN(C(=O)Cn2c(=O)[nH]c(=O)c3ccccc32)C1. The molecule has 0 atom stereocenters. The molecule has 0 unspecified atom stereocenters. The van der Waals surface area contributed by atoms with Crippen molar-refractivity contribution in [2.75, 3.05) is 18.8 Å². The summed E-state index contributed by atoms with van der Waals surface area (Å²) in [6.45, 7) is 1.62. The number of fused-ring (bicyclic) bond motifs is 1. The first-order valence-electron chi connectivity index (χ1n) is 7.54. The van der Waals surface area contributed by atoms with Gasteiger partial charge in [-0.15, -0.1) is 0 Å². The van der Waals surface area contributed by atoms with Gasteiger partial charge in [0.2, 0.25) is 5.91 Å². The van der Waals surface area contributed by atoms with Crippen molar-refractivity contribution >= 4 is 26.6 Å². The largest absolute Gasteiger partial charge is 0.338 e. The van der Waals surface area contributed by atoms with Crippen LogP contribution in [0.4, 0.5) is 0 Å². The molecule has 24 heavy (non-hydrogen) atoms. The number of likely N-dealkylation sites (tertiary alicyclic amines) is 1. The zero-order valence-corrected chi connectivity index (χ0v) is 13.9. The second kappa shape index (κ2) is 5.90. The number of hydrogen-bond acceptors (Lipinski definition) is 5. The third-order valence-electron chi connectivity index (χ3n) is 4.31. The number of nitrogens with zero attached hydrogens (tertiary/aromatic N) is 2. The van der Waals surface area contributed by atoms with Gasteiger partial charge in [-0.3, -0.25) is 19.1 Å². The highest BCUT2D eigenvalue weighted by Crippen LogP contribution is 2.18. The zero-order valence-electron chi connectivity index (χ0n) is 13.1. The quantitative estimate of drug-likeness (QED) is 0.786. The van der Waals surface area contributed by atoms with E-state index in [4.69, 9.17) is 0 Å². The summed E-state index contributed by atoms with van der Waals surface area (Å²) in [6.07, 6.45) is 0. The number of aromatic nitrogens is 2. The van der Waals surface area contributed by atoms with E-state index in [2.05, 4.69) is 4.98 Å². The molecule has 0 radical (unpaired) electrons. The fraction of sp³-hybridized carbons (Fsp3) is 0.400. The lowest BCUT2D eigenvalue weighted by molar-refractivity contribution is -0.135. The van der Waals surface area contributed by atoms with Crippen molar-refractivity contribution in [2.24, 2.45) is 0 Å². The number of amides is 1. The van der Waals surface area contributed by atoms with Gasteiger partial charge in [-0.05, 0) is 12.1 Å². The van der Waals surface area contributed by atoms with E-state index in [1.165, 1.54) is 9.47 Å². The fourth-order valence-electron chi connectivity index (χ4n) is 2.74. The van der Waals surface area contributed by atoms with Crippen LogP contribution in [-0.2, 0) is 21.2 Å². The summed E-state index contributed by atoms with van der Waals surface area (Å²) in [7, 11) is -3.16. The summed E-state index contributed by atoms with van der Waals surface area (Å²) in [4.78, 5) is 39.7. The van der Waals surface area contributed by atoms with E-state index in [1.54, 1.807) is 31.2 Å². The van der Waals surface area contributed by atoms with Crippen LogP contribution < -0.4 is 11.2 Å². The van der Waals surface area contributed by atoms with Gasteiger partial charge in [0.1, 0.15) is 6.54 Å². The zero-order chi connectivity index (χ0) is 17.5. The van der Waals surface area contributed by atoms with Gasteiger partial charge in [0.05, 0.1) is 16.2 Å². The number of para-hydroxylation sites is 1. The minimum Gasteiger partial charge on any atom is -0.338 e. The van der Waals surface area contributed by atoms with Crippen LogP contribution in [0, 0.1) is 0 Å². The normalized spacial score (nSPS) is 15.5. The van der Waals surface area contributed by atoms with Gasteiger partial charge in [-0.25, -0.2) is 13.2 Å². The van der Waals surface area contributed by atoms with E-state index in [9.17, 15) is 22.8 Å². The molecule has 0 bridgehead atoms. The molecule has 3 rings (SSSR count). The van der Waals surface area contributed by atoms with Crippen molar-refractivity contribution in [1.82, 2.24) is 14.5 Å². The smallest absolute Gasteiger partial charge is 0.329 e. The lowest BCUT2D eigenvalue weighted by atomic mass is 10.2. The summed E-state index contributed by atoms with van der Waals surface area (Å²) >= 11 is 0. The predicted molar refractivity (Wildman–Crippen MR) is 88.7 cm³/mol. The molecule has 1 aliphatic heterocycles. The van der Waals surface area contributed by atoms with Crippen molar-refractivity contribution in [2.45, 2.75) is 18.7 Å². The molecule has 1 saturated heterocycles. The van der Waals surface area contributed by atoms with Gasteiger partial charge in [-0.2, -0.15) is 0 Å². The van der Waals surface area contributed by atoms with E-state index >= 15 is 0 Å². The Morgan fingerprint density at radius 3 is 2.58 bits per heavy atom. The molecule has 0 aliphatic carbocycles. The number of aromatic amines is 1. The first kappa shape index (κ1) is 16.4. The molecule has 1 N–H and O–H groups in total. The molecular formula is C15H17N3O5S. The number of nitrogens with one attached hydrogen (secondary N) is 1. The summed E-state index contributed by atoms with van der Waals surface area (Å²) in [5.74, 6) is -0.305. The molecule has 128 valence electrons. The Kier molecular flexibility index (Phi) is 4.04. The van der Waals surface area contributed by atoms with E-state index in [0.717, 1.165) is 0 Å². The second-order valence-electron chi connectivity index (χ2n) is 5.73. The maximum atomic E-state index is 12.3. The molecule has 1 aromatic heterocycles. The Morgan fingerprint density at radius 1 is 1.25 bits per heavy atom. The Bertz CT molecular complexity index is 1020. The maximum Gasteiger partial charge on any atom is 0.329 e. The average molecular weight is 351 g/mol. The van der Waals surface area contributed by atoms with Crippen molar-refractivity contribution in [3.63, 3.8) is 0 Å². The first-order valence-corrected chi connectivity index (χ1v) is 9.26. The van der Waals surface area contributed by atoms with Crippen LogP contribution in [0.5, 0.6) is 0 Å². The maximum absolute atomic E-state index is 12.3. The second-order valence-corrected chi connectivity index (χ2v) is 8.30. The minimum atomic E-state index is -3.16. The number of rotatable bonds is 4. The Labute approximate surface area is 137 Å². The summed E-state index contributed by atoms with van der Waals surface area (Å²) in [5.41, 5.74) is -0.791.